The molecule has 2 rings (SSSR count). The van der Waals surface area contributed by atoms with Gasteiger partial charge in [-0.2, -0.15) is 13.2 Å². The maximum atomic E-state index is 12.6. The lowest BCUT2D eigenvalue weighted by molar-refractivity contribution is -0.137. The van der Waals surface area contributed by atoms with Crippen molar-refractivity contribution in [3.63, 3.8) is 0 Å². The molecule has 3 nitrogen and oxygen atoms in total. The zero-order valence-corrected chi connectivity index (χ0v) is 11.0. The molecule has 1 heterocycles. The smallest absolute Gasteiger partial charge is 0.320 e. The molecule has 0 aliphatic carbocycles. The van der Waals surface area contributed by atoms with Crippen LogP contribution >= 0.6 is 0 Å². The van der Waals surface area contributed by atoms with Crippen molar-refractivity contribution < 1.29 is 18.0 Å². The summed E-state index contributed by atoms with van der Waals surface area (Å²) in [6.45, 7) is 3.05. The molecule has 2 amide bonds. The number of halogens is 3. The van der Waals surface area contributed by atoms with Gasteiger partial charge in [-0.05, 0) is 31.5 Å². The van der Waals surface area contributed by atoms with E-state index in [1.54, 1.807) is 4.90 Å². The number of anilines is 1. The van der Waals surface area contributed by atoms with Crippen LogP contribution in [-0.4, -0.2) is 24.0 Å². The second kappa shape index (κ2) is 5.56. The van der Waals surface area contributed by atoms with Gasteiger partial charge in [0.2, 0.25) is 0 Å². The quantitative estimate of drug-likeness (QED) is 0.780. The standard InChI is InChI=1S/C14H15F3N2O/c1-10-5-7-19(8-6-10)13(20)18-12-4-2-3-11(9-12)14(15,16)17/h2-5,9H,6-8H2,1H3,(H,18,20). The Labute approximate surface area is 115 Å². The fourth-order valence-corrected chi connectivity index (χ4v) is 1.93. The monoisotopic (exact) mass is 284 g/mol. The van der Waals surface area contributed by atoms with Crippen molar-refractivity contribution >= 4 is 11.7 Å². The summed E-state index contributed by atoms with van der Waals surface area (Å²) in [6, 6.07) is 4.25. The number of carbonyl (C=O) groups is 1. The Morgan fingerprint density at radius 1 is 1.35 bits per heavy atom. The van der Waals surface area contributed by atoms with Crippen molar-refractivity contribution in [2.45, 2.75) is 19.5 Å². The van der Waals surface area contributed by atoms with E-state index < -0.39 is 11.7 Å². The van der Waals surface area contributed by atoms with Gasteiger partial charge in [0.05, 0.1) is 5.56 Å². The van der Waals surface area contributed by atoms with E-state index in [4.69, 9.17) is 0 Å². The van der Waals surface area contributed by atoms with E-state index in [1.807, 2.05) is 13.0 Å². The third kappa shape index (κ3) is 3.53. The first-order valence-electron chi connectivity index (χ1n) is 6.25. The average molecular weight is 284 g/mol. The highest BCUT2D eigenvalue weighted by molar-refractivity contribution is 5.89. The number of hydrogen-bond donors (Lipinski definition) is 1. The van der Waals surface area contributed by atoms with Gasteiger partial charge < -0.3 is 10.2 Å². The number of hydrogen-bond acceptors (Lipinski definition) is 1. The second-order valence-corrected chi connectivity index (χ2v) is 4.76. The van der Waals surface area contributed by atoms with E-state index in [9.17, 15) is 18.0 Å². The number of rotatable bonds is 1. The lowest BCUT2D eigenvalue weighted by Gasteiger charge is -2.25. The molecule has 0 bridgehead atoms. The Morgan fingerprint density at radius 2 is 2.10 bits per heavy atom. The summed E-state index contributed by atoms with van der Waals surface area (Å²) in [5.74, 6) is 0. The first-order chi connectivity index (χ1) is 9.36. The lowest BCUT2D eigenvalue weighted by Crippen LogP contribution is -2.37. The summed E-state index contributed by atoms with van der Waals surface area (Å²) in [5, 5.41) is 2.50. The molecule has 1 N–H and O–H groups in total. The maximum Gasteiger partial charge on any atom is 0.416 e. The Balaban J connectivity index is 2.05. The van der Waals surface area contributed by atoms with Gasteiger partial charge in [0.15, 0.2) is 0 Å². The average Bonchev–Trinajstić information content (AvgIpc) is 2.38. The highest BCUT2D eigenvalue weighted by Crippen LogP contribution is 2.30. The van der Waals surface area contributed by atoms with E-state index >= 15 is 0 Å². The fraction of sp³-hybridized carbons (Fsp3) is 0.357. The van der Waals surface area contributed by atoms with Crippen LogP contribution in [0.15, 0.2) is 35.9 Å². The third-order valence-electron chi connectivity index (χ3n) is 3.16. The molecule has 1 aliphatic heterocycles. The topological polar surface area (TPSA) is 32.3 Å². The van der Waals surface area contributed by atoms with Crippen molar-refractivity contribution in [3.05, 3.63) is 41.5 Å². The molecule has 0 unspecified atom stereocenters. The van der Waals surface area contributed by atoms with Crippen molar-refractivity contribution in [1.82, 2.24) is 4.90 Å². The van der Waals surface area contributed by atoms with Crippen molar-refractivity contribution in [3.8, 4) is 0 Å². The number of benzene rings is 1. The molecular formula is C14H15F3N2O. The number of urea groups is 1. The molecule has 1 aromatic carbocycles. The van der Waals surface area contributed by atoms with Gasteiger partial charge in [0.1, 0.15) is 0 Å². The molecule has 0 fully saturated rings. The summed E-state index contributed by atoms with van der Waals surface area (Å²) in [6.07, 6.45) is -1.68. The lowest BCUT2D eigenvalue weighted by atomic mass is 10.1. The SMILES string of the molecule is CC1=CCN(C(=O)Nc2cccc(C(F)(F)F)c2)CC1. The molecular weight excluding hydrogens is 269 g/mol. The first-order valence-corrected chi connectivity index (χ1v) is 6.25. The maximum absolute atomic E-state index is 12.6. The van der Waals surface area contributed by atoms with Crippen LogP contribution in [0, 0.1) is 0 Å². The van der Waals surface area contributed by atoms with Gasteiger partial charge in [0.25, 0.3) is 0 Å². The highest BCUT2D eigenvalue weighted by Gasteiger charge is 2.30. The number of alkyl halides is 3. The minimum atomic E-state index is -4.41. The summed E-state index contributed by atoms with van der Waals surface area (Å²) >= 11 is 0. The third-order valence-corrected chi connectivity index (χ3v) is 3.16. The van der Waals surface area contributed by atoms with E-state index in [-0.39, 0.29) is 11.7 Å². The Morgan fingerprint density at radius 3 is 2.70 bits per heavy atom. The minimum Gasteiger partial charge on any atom is -0.320 e. The van der Waals surface area contributed by atoms with Crippen LogP contribution in [0.1, 0.15) is 18.9 Å². The fourth-order valence-electron chi connectivity index (χ4n) is 1.93. The van der Waals surface area contributed by atoms with E-state index in [2.05, 4.69) is 5.32 Å². The molecule has 0 atom stereocenters. The number of nitrogens with one attached hydrogen (secondary N) is 1. The van der Waals surface area contributed by atoms with Crippen LogP contribution in [0.3, 0.4) is 0 Å². The summed E-state index contributed by atoms with van der Waals surface area (Å²) in [7, 11) is 0. The van der Waals surface area contributed by atoms with Gasteiger partial charge in [-0.3, -0.25) is 0 Å². The van der Waals surface area contributed by atoms with Gasteiger partial charge in [-0.25, -0.2) is 4.79 Å². The van der Waals surface area contributed by atoms with Crippen molar-refractivity contribution in [1.29, 1.82) is 0 Å². The summed E-state index contributed by atoms with van der Waals surface area (Å²) < 4.78 is 37.7. The predicted octanol–water partition coefficient (Wildman–Crippen LogP) is 3.89. The summed E-state index contributed by atoms with van der Waals surface area (Å²) in [4.78, 5) is 13.5. The van der Waals surface area contributed by atoms with Gasteiger partial charge in [-0.1, -0.05) is 17.7 Å². The predicted molar refractivity (Wildman–Crippen MR) is 70.4 cm³/mol. The molecule has 0 saturated carbocycles. The molecule has 20 heavy (non-hydrogen) atoms. The zero-order chi connectivity index (χ0) is 14.8. The Bertz CT molecular complexity index is 537. The number of amides is 2. The van der Waals surface area contributed by atoms with Crippen LogP contribution in [0.4, 0.5) is 23.7 Å². The second-order valence-electron chi connectivity index (χ2n) is 4.76. The first kappa shape index (κ1) is 14.4. The molecule has 6 heteroatoms. The normalized spacial score (nSPS) is 15.8. The Kier molecular flexibility index (Phi) is 4.01. The van der Waals surface area contributed by atoms with E-state index in [0.717, 1.165) is 18.6 Å². The molecule has 1 aromatic rings. The molecule has 108 valence electrons. The van der Waals surface area contributed by atoms with Crippen LogP contribution in [0.25, 0.3) is 0 Å². The molecule has 1 aliphatic rings. The highest BCUT2D eigenvalue weighted by atomic mass is 19.4. The Hall–Kier alpha value is -1.98. The molecule has 0 spiro atoms. The largest absolute Gasteiger partial charge is 0.416 e. The van der Waals surface area contributed by atoms with Crippen LogP contribution in [0.2, 0.25) is 0 Å². The van der Waals surface area contributed by atoms with Crippen LogP contribution < -0.4 is 5.32 Å². The molecule has 0 radical (unpaired) electrons. The molecule has 0 saturated heterocycles. The van der Waals surface area contributed by atoms with Gasteiger partial charge in [0, 0.05) is 18.8 Å². The minimum absolute atomic E-state index is 0.149. The number of nitrogens with zero attached hydrogens (tertiary/aromatic N) is 1. The summed E-state index contributed by atoms with van der Waals surface area (Å²) in [5.41, 5.74) is 0.592. The van der Waals surface area contributed by atoms with Crippen molar-refractivity contribution in [2.24, 2.45) is 0 Å². The van der Waals surface area contributed by atoms with E-state index in [1.165, 1.54) is 17.7 Å². The van der Waals surface area contributed by atoms with Gasteiger partial charge >= 0.3 is 12.2 Å². The van der Waals surface area contributed by atoms with Crippen LogP contribution in [-0.2, 0) is 6.18 Å². The van der Waals surface area contributed by atoms with Gasteiger partial charge in [-0.15, -0.1) is 0 Å². The van der Waals surface area contributed by atoms with E-state index in [0.29, 0.717) is 13.1 Å². The van der Waals surface area contributed by atoms with Crippen molar-refractivity contribution in [2.75, 3.05) is 18.4 Å². The molecule has 0 aromatic heterocycles. The number of carbonyl (C=O) groups excluding carboxylic acids is 1. The van der Waals surface area contributed by atoms with Crippen LogP contribution in [0.5, 0.6) is 0 Å². The zero-order valence-electron chi connectivity index (χ0n) is 11.0.